The van der Waals surface area contributed by atoms with E-state index in [1.54, 1.807) is 17.7 Å². The van der Waals surface area contributed by atoms with Gasteiger partial charge in [0.25, 0.3) is 0 Å². The van der Waals surface area contributed by atoms with Gasteiger partial charge in [-0.05, 0) is 45.1 Å². The van der Waals surface area contributed by atoms with Crippen molar-refractivity contribution in [3.63, 3.8) is 0 Å². The van der Waals surface area contributed by atoms with Crippen LogP contribution in [0.3, 0.4) is 0 Å². The number of nitrogens with zero attached hydrogens (tertiary/aromatic N) is 3. The molecule has 19 heavy (non-hydrogen) atoms. The number of hydrazone groups is 1. The third-order valence-corrected chi connectivity index (χ3v) is 4.83. The number of hydrogen-bond donors (Lipinski definition) is 1. The van der Waals surface area contributed by atoms with Crippen molar-refractivity contribution in [1.82, 2.24) is 9.97 Å². The first kappa shape index (κ1) is 12.5. The highest BCUT2D eigenvalue weighted by molar-refractivity contribution is 7.18. The molecule has 4 nitrogen and oxygen atoms in total. The average Bonchev–Trinajstić information content (AvgIpc) is 2.74. The molecule has 1 fully saturated rings. The Labute approximate surface area is 117 Å². The highest BCUT2D eigenvalue weighted by Crippen LogP contribution is 2.32. The Morgan fingerprint density at radius 1 is 1.16 bits per heavy atom. The second-order valence-corrected chi connectivity index (χ2v) is 6.24. The van der Waals surface area contributed by atoms with Crippen LogP contribution in [-0.4, -0.2) is 15.7 Å². The van der Waals surface area contributed by atoms with E-state index in [1.807, 2.05) is 0 Å². The van der Waals surface area contributed by atoms with Crippen LogP contribution in [0.25, 0.3) is 10.2 Å². The zero-order valence-electron chi connectivity index (χ0n) is 11.4. The van der Waals surface area contributed by atoms with Gasteiger partial charge in [0.15, 0.2) is 5.82 Å². The van der Waals surface area contributed by atoms with Crippen LogP contribution in [0.15, 0.2) is 11.4 Å². The van der Waals surface area contributed by atoms with E-state index in [2.05, 4.69) is 34.3 Å². The summed E-state index contributed by atoms with van der Waals surface area (Å²) in [6, 6.07) is 0. The normalized spacial score (nSPS) is 15.8. The first-order valence-electron chi connectivity index (χ1n) is 6.78. The minimum absolute atomic E-state index is 0.838. The lowest BCUT2D eigenvalue weighted by molar-refractivity contribution is 0.665. The summed E-state index contributed by atoms with van der Waals surface area (Å²) in [5.74, 6) is 0.838. The highest BCUT2D eigenvalue weighted by Gasteiger charge is 2.12. The molecular formula is C14H18N4S. The van der Waals surface area contributed by atoms with Gasteiger partial charge in [0.1, 0.15) is 11.2 Å². The minimum atomic E-state index is 0.838. The fourth-order valence-corrected chi connectivity index (χ4v) is 3.47. The molecule has 100 valence electrons. The van der Waals surface area contributed by atoms with Crippen molar-refractivity contribution in [1.29, 1.82) is 0 Å². The average molecular weight is 274 g/mol. The van der Waals surface area contributed by atoms with E-state index >= 15 is 0 Å². The quantitative estimate of drug-likeness (QED) is 0.841. The molecule has 0 amide bonds. The first-order chi connectivity index (χ1) is 9.25. The number of aromatic nitrogens is 2. The standard InChI is InChI=1S/C14H18N4S/c1-9-10(2)19-14-12(9)13(15-8-16-14)18-17-11-6-4-3-5-7-11/h8H,3-7H2,1-2H3,(H,15,16,18). The van der Waals surface area contributed by atoms with Gasteiger partial charge >= 0.3 is 0 Å². The van der Waals surface area contributed by atoms with Crippen molar-refractivity contribution in [2.24, 2.45) is 5.10 Å². The van der Waals surface area contributed by atoms with Crippen molar-refractivity contribution in [2.75, 3.05) is 5.43 Å². The number of aryl methyl sites for hydroxylation is 2. The summed E-state index contributed by atoms with van der Waals surface area (Å²) in [5, 5.41) is 5.65. The second-order valence-electron chi connectivity index (χ2n) is 5.04. The highest BCUT2D eigenvalue weighted by atomic mass is 32.1. The van der Waals surface area contributed by atoms with Gasteiger partial charge in [0, 0.05) is 10.6 Å². The van der Waals surface area contributed by atoms with E-state index in [0.717, 1.165) is 28.9 Å². The number of nitrogens with one attached hydrogen (secondary N) is 1. The Hall–Kier alpha value is -1.49. The van der Waals surface area contributed by atoms with Gasteiger partial charge in [-0.25, -0.2) is 9.97 Å². The van der Waals surface area contributed by atoms with Gasteiger partial charge in [-0.1, -0.05) is 6.42 Å². The fraction of sp³-hybridized carbons (Fsp3) is 0.500. The molecule has 0 aromatic carbocycles. The smallest absolute Gasteiger partial charge is 0.158 e. The summed E-state index contributed by atoms with van der Waals surface area (Å²) >= 11 is 1.71. The summed E-state index contributed by atoms with van der Waals surface area (Å²) in [6.07, 6.45) is 7.69. The molecule has 0 unspecified atom stereocenters. The van der Waals surface area contributed by atoms with Gasteiger partial charge < -0.3 is 0 Å². The largest absolute Gasteiger partial charge is 0.261 e. The van der Waals surface area contributed by atoms with Crippen molar-refractivity contribution in [2.45, 2.75) is 46.0 Å². The molecule has 0 aliphatic heterocycles. The zero-order valence-corrected chi connectivity index (χ0v) is 12.2. The molecule has 0 spiro atoms. The molecule has 0 saturated heterocycles. The molecule has 2 heterocycles. The van der Waals surface area contributed by atoms with Crippen LogP contribution in [0.1, 0.15) is 42.5 Å². The predicted octanol–water partition coefficient (Wildman–Crippen LogP) is 4.04. The molecule has 3 rings (SSSR count). The maximum Gasteiger partial charge on any atom is 0.158 e. The molecule has 5 heteroatoms. The van der Waals surface area contributed by atoms with E-state index in [0.29, 0.717) is 0 Å². The number of thiophene rings is 1. The van der Waals surface area contributed by atoms with E-state index in [1.165, 1.54) is 35.4 Å². The second kappa shape index (κ2) is 5.25. The molecule has 1 saturated carbocycles. The first-order valence-corrected chi connectivity index (χ1v) is 7.59. The van der Waals surface area contributed by atoms with Crippen LogP contribution in [0, 0.1) is 13.8 Å². The molecule has 1 N–H and O–H groups in total. The number of anilines is 1. The predicted molar refractivity (Wildman–Crippen MR) is 81.0 cm³/mol. The van der Waals surface area contributed by atoms with E-state index in [4.69, 9.17) is 0 Å². The van der Waals surface area contributed by atoms with E-state index in [-0.39, 0.29) is 0 Å². The summed E-state index contributed by atoms with van der Waals surface area (Å²) in [4.78, 5) is 11.0. The lowest BCUT2D eigenvalue weighted by Crippen LogP contribution is -2.07. The van der Waals surface area contributed by atoms with Crippen molar-refractivity contribution in [3.05, 3.63) is 16.8 Å². The summed E-state index contributed by atoms with van der Waals surface area (Å²) in [6.45, 7) is 4.24. The molecule has 1 aliphatic rings. The van der Waals surface area contributed by atoms with Crippen LogP contribution in [-0.2, 0) is 0 Å². The van der Waals surface area contributed by atoms with Crippen molar-refractivity contribution >= 4 is 33.1 Å². The van der Waals surface area contributed by atoms with Crippen LogP contribution in [0.4, 0.5) is 5.82 Å². The lowest BCUT2D eigenvalue weighted by atomic mass is 9.99. The molecule has 0 bridgehead atoms. The minimum Gasteiger partial charge on any atom is -0.261 e. The van der Waals surface area contributed by atoms with Gasteiger partial charge in [0.05, 0.1) is 5.39 Å². The van der Waals surface area contributed by atoms with Gasteiger partial charge in [-0.2, -0.15) is 5.10 Å². The summed E-state index contributed by atoms with van der Waals surface area (Å²) in [5.41, 5.74) is 5.68. The molecule has 1 aliphatic carbocycles. The SMILES string of the molecule is Cc1sc2ncnc(NN=C3CCCCC3)c2c1C. The van der Waals surface area contributed by atoms with Crippen molar-refractivity contribution < 1.29 is 0 Å². The monoisotopic (exact) mass is 274 g/mol. The molecule has 2 aromatic heterocycles. The molecule has 2 aromatic rings. The Morgan fingerprint density at radius 2 is 1.95 bits per heavy atom. The number of rotatable bonds is 2. The van der Waals surface area contributed by atoms with Crippen molar-refractivity contribution in [3.8, 4) is 0 Å². The van der Waals surface area contributed by atoms with Gasteiger partial charge in [-0.3, -0.25) is 5.43 Å². The fourth-order valence-electron chi connectivity index (χ4n) is 2.47. The third kappa shape index (κ3) is 2.47. The number of hydrogen-bond acceptors (Lipinski definition) is 5. The van der Waals surface area contributed by atoms with E-state index in [9.17, 15) is 0 Å². The van der Waals surface area contributed by atoms with Crippen LogP contribution < -0.4 is 5.43 Å². The van der Waals surface area contributed by atoms with Crippen LogP contribution in [0.5, 0.6) is 0 Å². The molecule has 0 radical (unpaired) electrons. The maximum absolute atomic E-state index is 4.53. The summed E-state index contributed by atoms with van der Waals surface area (Å²) in [7, 11) is 0. The maximum atomic E-state index is 4.53. The molecular weight excluding hydrogens is 256 g/mol. The topological polar surface area (TPSA) is 50.2 Å². The van der Waals surface area contributed by atoms with Crippen LogP contribution in [0.2, 0.25) is 0 Å². The van der Waals surface area contributed by atoms with E-state index < -0.39 is 0 Å². The van der Waals surface area contributed by atoms with Gasteiger partial charge in [-0.15, -0.1) is 11.3 Å². The van der Waals surface area contributed by atoms with Crippen LogP contribution >= 0.6 is 11.3 Å². The Balaban J connectivity index is 1.92. The van der Waals surface area contributed by atoms with Gasteiger partial charge in [0.2, 0.25) is 0 Å². The zero-order chi connectivity index (χ0) is 13.2. The molecule has 0 atom stereocenters. The Kier molecular flexibility index (Phi) is 3.46. The third-order valence-electron chi connectivity index (χ3n) is 3.72. The number of fused-ring (bicyclic) bond motifs is 1. The lowest BCUT2D eigenvalue weighted by Gasteiger charge is -2.12. The Morgan fingerprint density at radius 3 is 2.74 bits per heavy atom. The Bertz CT molecular complexity index is 622. The summed E-state index contributed by atoms with van der Waals surface area (Å²) < 4.78 is 0.